The second kappa shape index (κ2) is 4.06. The van der Waals surface area contributed by atoms with Crippen molar-refractivity contribution in [2.24, 2.45) is 12.9 Å². The zero-order valence-electron chi connectivity index (χ0n) is 9.30. The quantitative estimate of drug-likeness (QED) is 0.812. The molecule has 0 unspecified atom stereocenters. The highest BCUT2D eigenvalue weighted by Crippen LogP contribution is 2.36. The van der Waals surface area contributed by atoms with E-state index in [1.54, 1.807) is 13.8 Å². The molecule has 0 saturated carbocycles. The SMILES string of the molecule is Cn1cc(C(C)(C)CON)c(C(F)(F)F)n1. The Morgan fingerprint density at radius 1 is 1.44 bits per heavy atom. The first kappa shape index (κ1) is 13.0. The van der Waals surface area contributed by atoms with Gasteiger partial charge in [-0.1, -0.05) is 13.8 Å². The summed E-state index contributed by atoms with van der Waals surface area (Å²) in [6, 6.07) is 0. The van der Waals surface area contributed by atoms with E-state index in [1.807, 2.05) is 0 Å². The highest BCUT2D eigenvalue weighted by atomic mass is 19.4. The largest absolute Gasteiger partial charge is 0.435 e. The van der Waals surface area contributed by atoms with Crippen LogP contribution in [0.5, 0.6) is 0 Å². The van der Waals surface area contributed by atoms with Crippen molar-refractivity contribution in [1.29, 1.82) is 0 Å². The number of aryl methyl sites for hydroxylation is 1. The molecule has 0 atom stereocenters. The van der Waals surface area contributed by atoms with E-state index < -0.39 is 17.3 Å². The molecule has 0 radical (unpaired) electrons. The summed E-state index contributed by atoms with van der Waals surface area (Å²) < 4.78 is 39.2. The Hall–Kier alpha value is -1.08. The van der Waals surface area contributed by atoms with E-state index in [1.165, 1.54) is 13.2 Å². The number of hydrogen-bond acceptors (Lipinski definition) is 3. The Balaban J connectivity index is 3.23. The average molecular weight is 237 g/mol. The van der Waals surface area contributed by atoms with Gasteiger partial charge in [-0.05, 0) is 0 Å². The van der Waals surface area contributed by atoms with Crippen LogP contribution in [0.1, 0.15) is 25.1 Å². The fourth-order valence-electron chi connectivity index (χ4n) is 1.48. The van der Waals surface area contributed by atoms with Gasteiger partial charge in [0.2, 0.25) is 0 Å². The summed E-state index contributed by atoms with van der Waals surface area (Å²) in [4.78, 5) is 4.43. The molecule has 0 spiro atoms. The van der Waals surface area contributed by atoms with E-state index in [9.17, 15) is 13.2 Å². The third-order valence-electron chi connectivity index (χ3n) is 2.27. The lowest BCUT2D eigenvalue weighted by Crippen LogP contribution is -2.28. The van der Waals surface area contributed by atoms with Gasteiger partial charge in [-0.2, -0.15) is 18.3 Å². The highest BCUT2D eigenvalue weighted by Gasteiger charge is 2.41. The maximum Gasteiger partial charge on any atom is 0.435 e. The van der Waals surface area contributed by atoms with Crippen molar-refractivity contribution in [3.05, 3.63) is 17.5 Å². The number of halogens is 3. The minimum Gasteiger partial charge on any atom is -0.304 e. The molecule has 0 aliphatic rings. The van der Waals surface area contributed by atoms with E-state index in [2.05, 4.69) is 9.94 Å². The van der Waals surface area contributed by atoms with Crippen molar-refractivity contribution in [1.82, 2.24) is 9.78 Å². The molecule has 0 saturated heterocycles. The molecular weight excluding hydrogens is 223 g/mol. The van der Waals surface area contributed by atoms with Gasteiger partial charge < -0.3 is 4.84 Å². The van der Waals surface area contributed by atoms with E-state index in [4.69, 9.17) is 5.90 Å². The molecule has 1 rings (SSSR count). The molecule has 0 bridgehead atoms. The molecule has 0 aliphatic heterocycles. The van der Waals surface area contributed by atoms with Gasteiger partial charge in [0, 0.05) is 24.2 Å². The Bertz CT molecular complexity index is 371. The molecule has 4 nitrogen and oxygen atoms in total. The van der Waals surface area contributed by atoms with Crippen molar-refractivity contribution in [3.8, 4) is 0 Å². The first-order valence-electron chi connectivity index (χ1n) is 4.61. The first-order chi connectivity index (χ1) is 7.18. The molecule has 2 N–H and O–H groups in total. The number of nitrogens with zero attached hydrogens (tertiary/aromatic N) is 2. The Kier molecular flexibility index (Phi) is 3.30. The normalized spacial score (nSPS) is 13.2. The van der Waals surface area contributed by atoms with E-state index in [0.29, 0.717) is 0 Å². The number of hydrogen-bond donors (Lipinski definition) is 1. The van der Waals surface area contributed by atoms with Crippen LogP contribution in [0.25, 0.3) is 0 Å². The molecule has 1 aromatic rings. The van der Waals surface area contributed by atoms with Gasteiger partial charge in [-0.25, -0.2) is 5.90 Å². The molecule has 0 amide bonds. The van der Waals surface area contributed by atoms with E-state index in [-0.39, 0.29) is 12.2 Å². The predicted molar refractivity (Wildman–Crippen MR) is 51.4 cm³/mol. The molecule has 1 heterocycles. The lowest BCUT2D eigenvalue weighted by molar-refractivity contribution is -0.142. The van der Waals surface area contributed by atoms with E-state index >= 15 is 0 Å². The summed E-state index contributed by atoms with van der Waals surface area (Å²) in [5, 5.41) is 3.43. The Morgan fingerprint density at radius 2 is 2.00 bits per heavy atom. The highest BCUT2D eigenvalue weighted by molar-refractivity contribution is 5.28. The van der Waals surface area contributed by atoms with Gasteiger partial charge in [-0.15, -0.1) is 0 Å². The minimum absolute atomic E-state index is 0.0121. The molecule has 16 heavy (non-hydrogen) atoms. The van der Waals surface area contributed by atoms with Crippen LogP contribution in [0.4, 0.5) is 13.2 Å². The lowest BCUT2D eigenvalue weighted by Gasteiger charge is -2.23. The smallest absolute Gasteiger partial charge is 0.304 e. The molecule has 92 valence electrons. The summed E-state index contributed by atoms with van der Waals surface area (Å²) in [6.07, 6.45) is -3.13. The van der Waals surface area contributed by atoms with Crippen molar-refractivity contribution in [3.63, 3.8) is 0 Å². The van der Waals surface area contributed by atoms with Crippen LogP contribution in [0.2, 0.25) is 0 Å². The van der Waals surface area contributed by atoms with Crippen LogP contribution in [-0.2, 0) is 23.5 Å². The third kappa shape index (κ3) is 2.53. The maximum atomic E-state index is 12.7. The number of rotatable bonds is 3. The fraction of sp³-hybridized carbons (Fsp3) is 0.667. The van der Waals surface area contributed by atoms with Gasteiger partial charge in [-0.3, -0.25) is 4.68 Å². The van der Waals surface area contributed by atoms with Crippen molar-refractivity contribution < 1.29 is 18.0 Å². The standard InChI is InChI=1S/C9H14F3N3O/c1-8(2,5-16-13)6-4-15(3)14-7(6)9(10,11)12/h4H,5,13H2,1-3H3. The first-order valence-corrected chi connectivity index (χ1v) is 4.61. The van der Waals surface area contributed by atoms with Crippen LogP contribution in [-0.4, -0.2) is 16.4 Å². The number of alkyl halides is 3. The summed E-state index contributed by atoms with van der Waals surface area (Å²) >= 11 is 0. The second-order valence-corrected chi connectivity index (χ2v) is 4.26. The zero-order valence-corrected chi connectivity index (χ0v) is 9.30. The summed E-state index contributed by atoms with van der Waals surface area (Å²) in [5.41, 5.74) is -1.65. The molecule has 1 aromatic heterocycles. The molecule has 0 fully saturated rings. The fourth-order valence-corrected chi connectivity index (χ4v) is 1.48. The third-order valence-corrected chi connectivity index (χ3v) is 2.27. The average Bonchev–Trinajstić information content (AvgIpc) is 2.46. The van der Waals surface area contributed by atoms with Crippen LogP contribution in [0.3, 0.4) is 0 Å². The zero-order chi connectivity index (χ0) is 12.6. The summed E-state index contributed by atoms with van der Waals surface area (Å²) in [5.74, 6) is 4.91. The molecule has 7 heteroatoms. The van der Waals surface area contributed by atoms with Crippen molar-refractivity contribution in [2.45, 2.75) is 25.4 Å². The van der Waals surface area contributed by atoms with Gasteiger partial charge in [0.15, 0.2) is 5.69 Å². The minimum atomic E-state index is -4.47. The summed E-state index contributed by atoms with van der Waals surface area (Å²) in [6.45, 7) is 3.22. The van der Waals surface area contributed by atoms with Crippen LogP contribution in [0.15, 0.2) is 6.20 Å². The maximum absolute atomic E-state index is 12.7. The summed E-state index contributed by atoms with van der Waals surface area (Å²) in [7, 11) is 1.44. The van der Waals surface area contributed by atoms with Gasteiger partial charge in [0.25, 0.3) is 0 Å². The van der Waals surface area contributed by atoms with Crippen LogP contribution >= 0.6 is 0 Å². The Morgan fingerprint density at radius 3 is 2.44 bits per heavy atom. The van der Waals surface area contributed by atoms with Gasteiger partial charge >= 0.3 is 6.18 Å². The van der Waals surface area contributed by atoms with Gasteiger partial charge in [0.1, 0.15) is 0 Å². The molecule has 0 aromatic carbocycles. The van der Waals surface area contributed by atoms with Crippen LogP contribution < -0.4 is 5.90 Å². The molecule has 0 aliphatic carbocycles. The Labute approximate surface area is 91.1 Å². The molecular formula is C9H14F3N3O. The second-order valence-electron chi connectivity index (χ2n) is 4.26. The van der Waals surface area contributed by atoms with Crippen LogP contribution in [0, 0.1) is 0 Å². The van der Waals surface area contributed by atoms with E-state index in [0.717, 1.165) is 4.68 Å². The van der Waals surface area contributed by atoms with Crippen molar-refractivity contribution in [2.75, 3.05) is 6.61 Å². The van der Waals surface area contributed by atoms with Crippen molar-refractivity contribution >= 4 is 0 Å². The predicted octanol–water partition coefficient (Wildman–Crippen LogP) is 1.61. The number of aromatic nitrogens is 2. The van der Waals surface area contributed by atoms with Gasteiger partial charge in [0.05, 0.1) is 6.61 Å². The lowest BCUT2D eigenvalue weighted by atomic mass is 9.85. The number of nitrogens with two attached hydrogens (primary N) is 1. The monoisotopic (exact) mass is 237 g/mol. The topological polar surface area (TPSA) is 53.1 Å².